The Balaban J connectivity index is 1.74. The van der Waals surface area contributed by atoms with Gasteiger partial charge in [0.1, 0.15) is 0 Å². The van der Waals surface area contributed by atoms with Crippen LogP contribution < -0.4 is 4.72 Å². The van der Waals surface area contributed by atoms with Gasteiger partial charge in [-0.15, -0.1) is 0 Å². The highest BCUT2D eigenvalue weighted by Crippen LogP contribution is 2.24. The zero-order valence-corrected chi connectivity index (χ0v) is 17.9. The first kappa shape index (κ1) is 22.3. The Morgan fingerprint density at radius 1 is 1.06 bits per heavy atom. The summed E-state index contributed by atoms with van der Waals surface area (Å²) in [6.07, 6.45) is 0. The SMILES string of the molecule is CN(Cc1cc([N+](=O)[O-])ccc1Cl)C(=O)c1ccc(S(=O)(=O)Nc2ccccc2)cc1. The van der Waals surface area contributed by atoms with Crippen LogP contribution in [0.3, 0.4) is 0 Å². The van der Waals surface area contributed by atoms with Crippen molar-refractivity contribution in [3.63, 3.8) is 0 Å². The van der Waals surface area contributed by atoms with Crippen LogP contribution in [-0.4, -0.2) is 31.2 Å². The number of hydrogen-bond acceptors (Lipinski definition) is 5. The number of sulfonamides is 1. The molecule has 0 heterocycles. The second-order valence-electron chi connectivity index (χ2n) is 6.69. The van der Waals surface area contributed by atoms with E-state index in [1.807, 2.05) is 0 Å². The Hall–Kier alpha value is -3.43. The highest BCUT2D eigenvalue weighted by molar-refractivity contribution is 7.92. The molecule has 0 spiro atoms. The van der Waals surface area contributed by atoms with E-state index in [0.29, 0.717) is 16.3 Å². The van der Waals surface area contributed by atoms with Crippen LogP contribution in [-0.2, 0) is 16.6 Å². The molecule has 0 aliphatic carbocycles. The summed E-state index contributed by atoms with van der Waals surface area (Å²) in [5.74, 6) is -0.387. The number of halogens is 1. The molecule has 3 aromatic carbocycles. The third-order valence-corrected chi connectivity index (χ3v) is 6.20. The fraction of sp³-hybridized carbons (Fsp3) is 0.0952. The topological polar surface area (TPSA) is 110 Å². The minimum atomic E-state index is -3.80. The molecule has 3 aromatic rings. The molecule has 0 aromatic heterocycles. The van der Waals surface area contributed by atoms with Gasteiger partial charge in [0.25, 0.3) is 21.6 Å². The first-order chi connectivity index (χ1) is 14.7. The van der Waals surface area contributed by atoms with E-state index < -0.39 is 14.9 Å². The Morgan fingerprint density at radius 3 is 2.32 bits per heavy atom. The molecule has 0 fully saturated rings. The molecule has 0 aliphatic rings. The van der Waals surface area contributed by atoms with Gasteiger partial charge in [-0.1, -0.05) is 29.8 Å². The van der Waals surface area contributed by atoms with Gasteiger partial charge in [0.05, 0.1) is 9.82 Å². The average Bonchev–Trinajstić information content (AvgIpc) is 2.75. The summed E-state index contributed by atoms with van der Waals surface area (Å²) < 4.78 is 27.5. The summed E-state index contributed by atoms with van der Waals surface area (Å²) in [7, 11) is -2.27. The lowest BCUT2D eigenvalue weighted by molar-refractivity contribution is -0.384. The van der Waals surface area contributed by atoms with E-state index in [-0.39, 0.29) is 28.6 Å². The van der Waals surface area contributed by atoms with E-state index >= 15 is 0 Å². The molecule has 8 nitrogen and oxygen atoms in total. The maximum Gasteiger partial charge on any atom is 0.269 e. The van der Waals surface area contributed by atoms with Gasteiger partial charge in [-0.05, 0) is 48.0 Å². The summed E-state index contributed by atoms with van der Waals surface area (Å²) in [5.41, 5.74) is 0.998. The lowest BCUT2D eigenvalue weighted by atomic mass is 10.1. The lowest BCUT2D eigenvalue weighted by Crippen LogP contribution is -2.26. The van der Waals surface area contributed by atoms with Crippen LogP contribution >= 0.6 is 11.6 Å². The predicted octanol–water partition coefficient (Wildman–Crippen LogP) is 4.32. The van der Waals surface area contributed by atoms with Crippen LogP contribution in [0.25, 0.3) is 0 Å². The standard InChI is InChI=1S/C21H18ClN3O5S/c1-24(14-16-13-18(25(27)28)9-12-20(16)22)21(26)15-7-10-19(11-8-15)31(29,30)23-17-5-3-2-4-6-17/h2-13,23H,14H2,1H3. The number of hydrogen-bond donors (Lipinski definition) is 1. The fourth-order valence-electron chi connectivity index (χ4n) is 2.84. The Morgan fingerprint density at radius 2 is 1.71 bits per heavy atom. The molecular formula is C21H18ClN3O5S. The molecule has 0 bridgehead atoms. The number of nitrogens with zero attached hydrogens (tertiary/aromatic N) is 2. The van der Waals surface area contributed by atoms with Crippen molar-refractivity contribution in [3.8, 4) is 0 Å². The van der Waals surface area contributed by atoms with Gasteiger partial charge in [-0.3, -0.25) is 19.6 Å². The number of non-ortho nitro benzene ring substituents is 1. The molecule has 31 heavy (non-hydrogen) atoms. The third kappa shape index (κ3) is 5.39. The quantitative estimate of drug-likeness (QED) is 0.418. The van der Waals surface area contributed by atoms with Crippen LogP contribution in [0.4, 0.5) is 11.4 Å². The van der Waals surface area contributed by atoms with E-state index in [9.17, 15) is 23.3 Å². The first-order valence-corrected chi connectivity index (χ1v) is 10.9. The van der Waals surface area contributed by atoms with Crippen LogP contribution in [0.5, 0.6) is 0 Å². The molecule has 0 saturated heterocycles. The minimum Gasteiger partial charge on any atom is -0.337 e. The van der Waals surface area contributed by atoms with Gasteiger partial charge < -0.3 is 4.90 Å². The van der Waals surface area contributed by atoms with E-state index in [1.165, 1.54) is 54.4 Å². The number of anilines is 1. The number of nitro groups is 1. The van der Waals surface area contributed by atoms with Crippen molar-refractivity contribution in [1.29, 1.82) is 0 Å². The molecule has 0 aliphatic heterocycles. The first-order valence-electron chi connectivity index (χ1n) is 9.03. The van der Waals surface area contributed by atoms with Crippen molar-refractivity contribution in [2.45, 2.75) is 11.4 Å². The Bertz CT molecular complexity index is 1220. The molecular weight excluding hydrogens is 442 g/mol. The van der Waals surface area contributed by atoms with Crippen LogP contribution in [0, 0.1) is 10.1 Å². The number of benzene rings is 3. The normalized spacial score (nSPS) is 11.0. The summed E-state index contributed by atoms with van der Waals surface area (Å²) in [4.78, 5) is 24.5. The number of nitrogens with one attached hydrogen (secondary N) is 1. The summed E-state index contributed by atoms with van der Waals surface area (Å²) in [5, 5.41) is 11.3. The van der Waals surface area contributed by atoms with Crippen molar-refractivity contribution in [1.82, 2.24) is 4.90 Å². The predicted molar refractivity (Wildman–Crippen MR) is 118 cm³/mol. The zero-order chi connectivity index (χ0) is 22.6. The summed E-state index contributed by atoms with van der Waals surface area (Å²) in [6, 6.07) is 18.0. The van der Waals surface area contributed by atoms with Crippen LogP contribution in [0.2, 0.25) is 5.02 Å². The van der Waals surface area contributed by atoms with E-state index in [0.717, 1.165) is 0 Å². The summed E-state index contributed by atoms with van der Waals surface area (Å²) >= 11 is 6.10. The smallest absolute Gasteiger partial charge is 0.269 e. The van der Waals surface area contributed by atoms with Crippen molar-refractivity contribution in [2.24, 2.45) is 0 Å². The van der Waals surface area contributed by atoms with Crippen molar-refractivity contribution < 1.29 is 18.1 Å². The highest BCUT2D eigenvalue weighted by atomic mass is 35.5. The molecule has 1 N–H and O–H groups in total. The Kier molecular flexibility index (Phi) is 6.57. The molecule has 0 radical (unpaired) electrons. The second-order valence-corrected chi connectivity index (χ2v) is 8.78. The maximum atomic E-state index is 12.7. The monoisotopic (exact) mass is 459 g/mol. The van der Waals surface area contributed by atoms with Crippen molar-refractivity contribution in [2.75, 3.05) is 11.8 Å². The minimum absolute atomic E-state index is 0.0114. The second kappa shape index (κ2) is 9.15. The average molecular weight is 460 g/mol. The summed E-state index contributed by atoms with van der Waals surface area (Å²) in [6.45, 7) is 0.0506. The van der Waals surface area contributed by atoms with Crippen molar-refractivity contribution >= 4 is 38.9 Å². The molecule has 0 unspecified atom stereocenters. The zero-order valence-electron chi connectivity index (χ0n) is 16.4. The fourth-order valence-corrected chi connectivity index (χ4v) is 4.08. The number of rotatable bonds is 7. The largest absolute Gasteiger partial charge is 0.337 e. The number of para-hydroxylation sites is 1. The van der Waals surface area contributed by atoms with Crippen LogP contribution in [0.15, 0.2) is 77.7 Å². The molecule has 1 amide bonds. The maximum absolute atomic E-state index is 12.7. The molecule has 10 heteroatoms. The number of nitro benzene ring substituents is 1. The number of amides is 1. The number of carbonyl (C=O) groups is 1. The van der Waals surface area contributed by atoms with Gasteiger partial charge in [0, 0.05) is 42.0 Å². The van der Waals surface area contributed by atoms with Gasteiger partial charge in [-0.25, -0.2) is 8.42 Å². The van der Waals surface area contributed by atoms with Gasteiger partial charge >= 0.3 is 0 Å². The van der Waals surface area contributed by atoms with E-state index in [1.54, 1.807) is 30.3 Å². The highest BCUT2D eigenvalue weighted by Gasteiger charge is 2.18. The molecule has 160 valence electrons. The molecule has 3 rings (SSSR count). The third-order valence-electron chi connectivity index (χ3n) is 4.43. The van der Waals surface area contributed by atoms with Gasteiger partial charge in [0.15, 0.2) is 0 Å². The van der Waals surface area contributed by atoms with Gasteiger partial charge in [-0.2, -0.15) is 0 Å². The molecule has 0 saturated carbocycles. The van der Waals surface area contributed by atoms with E-state index in [2.05, 4.69) is 4.72 Å². The van der Waals surface area contributed by atoms with Crippen LogP contribution in [0.1, 0.15) is 15.9 Å². The van der Waals surface area contributed by atoms with E-state index in [4.69, 9.17) is 11.6 Å². The van der Waals surface area contributed by atoms with Gasteiger partial charge in [0.2, 0.25) is 0 Å². The lowest BCUT2D eigenvalue weighted by Gasteiger charge is -2.18. The number of carbonyl (C=O) groups excluding carboxylic acids is 1. The Labute approximate surface area is 184 Å². The van der Waals surface area contributed by atoms with Crippen molar-refractivity contribution in [3.05, 3.63) is 99.1 Å². The molecule has 0 atom stereocenters.